The molecule has 3 aromatic rings. The molecule has 3 rings (SSSR count). The molecule has 5 heteroatoms. The van der Waals surface area contributed by atoms with Gasteiger partial charge in [-0.1, -0.05) is 46.3 Å². The van der Waals surface area contributed by atoms with Gasteiger partial charge in [0.2, 0.25) is 0 Å². The third-order valence-corrected chi connectivity index (χ3v) is 4.96. The second-order valence-electron chi connectivity index (χ2n) is 5.98. The van der Waals surface area contributed by atoms with Gasteiger partial charge in [0.1, 0.15) is 18.2 Å². The number of hydrogen-bond donors (Lipinski definition) is 1. The zero-order valence-corrected chi connectivity index (χ0v) is 17.4. The van der Waals surface area contributed by atoms with Gasteiger partial charge in [-0.25, -0.2) is 4.39 Å². The maximum absolute atomic E-state index is 13.9. The molecular formula is C21H18Br2FNO. The topological polar surface area (TPSA) is 21.3 Å². The fourth-order valence-electron chi connectivity index (χ4n) is 2.62. The van der Waals surface area contributed by atoms with Crippen LogP contribution in [0, 0.1) is 12.7 Å². The SMILES string of the molecule is Cc1cccc(NCc2cc(Br)cc(Br)c2OCc2ccccc2F)c1. The minimum absolute atomic E-state index is 0.171. The maximum atomic E-state index is 13.9. The molecule has 0 amide bonds. The summed E-state index contributed by atoms with van der Waals surface area (Å²) in [7, 11) is 0. The highest BCUT2D eigenvalue weighted by Gasteiger charge is 2.12. The molecule has 0 bridgehead atoms. The third kappa shape index (κ3) is 4.86. The largest absolute Gasteiger partial charge is 0.487 e. The Kier molecular flexibility index (Phi) is 6.33. The van der Waals surface area contributed by atoms with Gasteiger partial charge in [-0.15, -0.1) is 0 Å². The number of hydrogen-bond acceptors (Lipinski definition) is 2. The summed E-state index contributed by atoms with van der Waals surface area (Å²) in [4.78, 5) is 0. The van der Waals surface area contributed by atoms with Crippen molar-refractivity contribution in [3.63, 3.8) is 0 Å². The van der Waals surface area contributed by atoms with Crippen molar-refractivity contribution in [2.75, 3.05) is 5.32 Å². The Hall–Kier alpha value is -1.85. The van der Waals surface area contributed by atoms with E-state index in [0.717, 1.165) is 20.2 Å². The molecule has 1 N–H and O–H groups in total. The molecule has 2 nitrogen and oxygen atoms in total. The first kappa shape index (κ1) is 18.9. The minimum atomic E-state index is -0.264. The van der Waals surface area contributed by atoms with E-state index in [4.69, 9.17) is 4.74 Å². The zero-order valence-electron chi connectivity index (χ0n) is 14.2. The summed E-state index contributed by atoms with van der Waals surface area (Å²) >= 11 is 7.07. The van der Waals surface area contributed by atoms with E-state index in [2.05, 4.69) is 56.2 Å². The number of halogens is 3. The van der Waals surface area contributed by atoms with E-state index >= 15 is 0 Å². The quantitative estimate of drug-likeness (QED) is 0.418. The van der Waals surface area contributed by atoms with E-state index < -0.39 is 0 Å². The van der Waals surface area contributed by atoms with E-state index in [1.165, 1.54) is 11.6 Å². The number of rotatable bonds is 6. The van der Waals surface area contributed by atoms with Crippen LogP contribution in [0.2, 0.25) is 0 Å². The molecule has 0 radical (unpaired) electrons. The minimum Gasteiger partial charge on any atom is -0.487 e. The highest BCUT2D eigenvalue weighted by Crippen LogP contribution is 2.34. The van der Waals surface area contributed by atoms with Gasteiger partial charge in [-0.2, -0.15) is 0 Å². The van der Waals surface area contributed by atoms with Gasteiger partial charge in [0.25, 0.3) is 0 Å². The van der Waals surface area contributed by atoms with Crippen molar-refractivity contribution in [1.29, 1.82) is 0 Å². The van der Waals surface area contributed by atoms with Gasteiger partial charge >= 0.3 is 0 Å². The average molecular weight is 479 g/mol. The van der Waals surface area contributed by atoms with E-state index in [9.17, 15) is 4.39 Å². The van der Waals surface area contributed by atoms with Gasteiger partial charge in [-0.05, 0) is 58.7 Å². The second kappa shape index (κ2) is 8.69. The van der Waals surface area contributed by atoms with Gasteiger partial charge in [0.15, 0.2) is 0 Å². The average Bonchev–Trinajstić information content (AvgIpc) is 2.60. The molecule has 0 saturated carbocycles. The Morgan fingerprint density at radius 3 is 2.54 bits per heavy atom. The molecule has 26 heavy (non-hydrogen) atoms. The first-order valence-electron chi connectivity index (χ1n) is 8.17. The summed E-state index contributed by atoms with van der Waals surface area (Å²) in [5.41, 5.74) is 3.74. The molecule has 0 fully saturated rings. The molecular weight excluding hydrogens is 461 g/mol. The Morgan fingerprint density at radius 1 is 0.962 bits per heavy atom. The molecule has 0 atom stereocenters. The van der Waals surface area contributed by atoms with E-state index in [1.807, 2.05) is 24.3 Å². The van der Waals surface area contributed by atoms with E-state index in [-0.39, 0.29) is 12.4 Å². The lowest BCUT2D eigenvalue weighted by Gasteiger charge is -2.16. The van der Waals surface area contributed by atoms with Crippen LogP contribution in [-0.4, -0.2) is 0 Å². The van der Waals surface area contributed by atoms with E-state index in [1.54, 1.807) is 18.2 Å². The monoisotopic (exact) mass is 477 g/mol. The second-order valence-corrected chi connectivity index (χ2v) is 7.75. The highest BCUT2D eigenvalue weighted by molar-refractivity contribution is 9.11. The van der Waals surface area contributed by atoms with Crippen molar-refractivity contribution in [1.82, 2.24) is 0 Å². The van der Waals surface area contributed by atoms with Crippen molar-refractivity contribution in [3.8, 4) is 5.75 Å². The standard InChI is InChI=1S/C21H18Br2FNO/c1-14-5-4-7-18(9-14)25-12-16-10-17(22)11-19(23)21(16)26-13-15-6-2-3-8-20(15)24/h2-11,25H,12-13H2,1H3. The van der Waals surface area contributed by atoms with Crippen LogP contribution in [0.25, 0.3) is 0 Å². The van der Waals surface area contributed by atoms with Crippen LogP contribution in [-0.2, 0) is 13.2 Å². The Morgan fingerprint density at radius 2 is 1.77 bits per heavy atom. The van der Waals surface area contributed by atoms with Crippen LogP contribution in [0.1, 0.15) is 16.7 Å². The molecule has 0 saturated heterocycles. The lowest BCUT2D eigenvalue weighted by Crippen LogP contribution is -2.05. The van der Waals surface area contributed by atoms with Crippen molar-refractivity contribution >= 4 is 37.5 Å². The lowest BCUT2D eigenvalue weighted by molar-refractivity contribution is 0.295. The van der Waals surface area contributed by atoms with Gasteiger partial charge in [0.05, 0.1) is 4.47 Å². The molecule has 0 aliphatic rings. The third-order valence-electron chi connectivity index (χ3n) is 3.92. The van der Waals surface area contributed by atoms with Gasteiger partial charge < -0.3 is 10.1 Å². The zero-order chi connectivity index (χ0) is 18.5. The molecule has 0 aromatic heterocycles. The van der Waals surface area contributed by atoms with Crippen molar-refractivity contribution < 1.29 is 9.13 Å². The molecule has 134 valence electrons. The smallest absolute Gasteiger partial charge is 0.139 e. The first-order valence-corrected chi connectivity index (χ1v) is 9.76. The number of ether oxygens (including phenoxy) is 1. The van der Waals surface area contributed by atoms with Gasteiger partial charge in [-0.3, -0.25) is 0 Å². The number of anilines is 1. The molecule has 0 spiro atoms. The maximum Gasteiger partial charge on any atom is 0.139 e. The molecule has 3 aromatic carbocycles. The van der Waals surface area contributed by atoms with Crippen molar-refractivity contribution in [2.45, 2.75) is 20.1 Å². The fraction of sp³-hybridized carbons (Fsp3) is 0.143. The van der Waals surface area contributed by atoms with Crippen LogP contribution in [0.4, 0.5) is 10.1 Å². The fourth-order valence-corrected chi connectivity index (χ4v) is 4.05. The summed E-state index contributed by atoms with van der Waals surface area (Å²) in [6.07, 6.45) is 0. The number of nitrogens with one attached hydrogen (secondary N) is 1. The Balaban J connectivity index is 1.79. The summed E-state index contributed by atoms with van der Waals surface area (Å²) < 4.78 is 21.6. The number of benzene rings is 3. The number of aryl methyl sites for hydroxylation is 1. The Bertz CT molecular complexity index is 914. The first-order chi connectivity index (χ1) is 12.5. The predicted octanol–water partition coefficient (Wildman–Crippen LogP) is 6.85. The van der Waals surface area contributed by atoms with Crippen LogP contribution >= 0.6 is 31.9 Å². The molecule has 0 aliphatic carbocycles. The lowest BCUT2D eigenvalue weighted by atomic mass is 10.1. The molecule has 0 heterocycles. The summed E-state index contributed by atoms with van der Waals surface area (Å²) in [6.45, 7) is 2.82. The highest BCUT2D eigenvalue weighted by atomic mass is 79.9. The van der Waals surface area contributed by atoms with Crippen LogP contribution in [0.5, 0.6) is 5.75 Å². The molecule has 0 unspecified atom stereocenters. The summed E-state index contributed by atoms with van der Waals surface area (Å²) in [5.74, 6) is 0.441. The normalized spacial score (nSPS) is 10.6. The Labute approximate surface area is 169 Å². The van der Waals surface area contributed by atoms with Crippen LogP contribution < -0.4 is 10.1 Å². The van der Waals surface area contributed by atoms with Crippen molar-refractivity contribution in [2.24, 2.45) is 0 Å². The summed E-state index contributed by atoms with van der Waals surface area (Å²) in [5, 5.41) is 3.41. The van der Waals surface area contributed by atoms with Crippen molar-refractivity contribution in [3.05, 3.63) is 92.1 Å². The molecule has 0 aliphatic heterocycles. The van der Waals surface area contributed by atoms with Crippen LogP contribution in [0.3, 0.4) is 0 Å². The van der Waals surface area contributed by atoms with Crippen LogP contribution in [0.15, 0.2) is 69.6 Å². The predicted molar refractivity (Wildman–Crippen MR) is 111 cm³/mol. The van der Waals surface area contributed by atoms with E-state index in [0.29, 0.717) is 17.9 Å². The van der Waals surface area contributed by atoms with Gasteiger partial charge in [0, 0.05) is 27.8 Å². The summed E-state index contributed by atoms with van der Waals surface area (Å²) in [6, 6.07) is 18.8.